The van der Waals surface area contributed by atoms with Crippen LogP contribution in [-0.4, -0.2) is 23.9 Å². The number of aliphatic imine (C=N–C) groups is 1. The van der Waals surface area contributed by atoms with Crippen LogP contribution in [0.15, 0.2) is 4.99 Å². The Morgan fingerprint density at radius 3 is 3.00 bits per heavy atom. The fourth-order valence-corrected chi connectivity index (χ4v) is 0.702. The Balaban J connectivity index is 2.60. The molecule has 0 unspecified atom stereocenters. The highest BCUT2D eigenvalue weighted by Crippen LogP contribution is 1.95. The van der Waals surface area contributed by atoms with Gasteiger partial charge < -0.3 is 0 Å². The normalized spacial score (nSPS) is 15.4. The Labute approximate surface area is 58.2 Å². The van der Waals surface area contributed by atoms with E-state index in [4.69, 9.17) is 10.5 Å². The van der Waals surface area contributed by atoms with Gasteiger partial charge in [-0.3, -0.25) is 5.32 Å². The number of nitrogens with one attached hydrogen (secondary N) is 1. The summed E-state index contributed by atoms with van der Waals surface area (Å²) >= 11 is 0. The maximum atomic E-state index is 8.41. The van der Waals surface area contributed by atoms with Gasteiger partial charge in [-0.05, 0) is 0 Å². The zero-order chi connectivity index (χ0) is 7.40. The highest BCUT2D eigenvalue weighted by atomic mass is 15.3. The van der Waals surface area contributed by atoms with E-state index in [-0.39, 0.29) is 0 Å². The van der Waals surface area contributed by atoms with Crippen molar-refractivity contribution in [2.45, 2.75) is 0 Å². The Bertz CT molecular complexity index is 229. The van der Waals surface area contributed by atoms with Crippen LogP contribution in [0, 0.1) is 22.9 Å². The minimum atomic E-state index is 0.352. The minimum Gasteiger partial charge on any atom is -0.262 e. The van der Waals surface area contributed by atoms with Gasteiger partial charge >= 0.3 is 0 Å². The molecule has 0 bridgehead atoms. The van der Waals surface area contributed by atoms with Crippen LogP contribution in [0.1, 0.15) is 0 Å². The highest BCUT2D eigenvalue weighted by Gasteiger charge is 2.14. The van der Waals surface area contributed by atoms with Gasteiger partial charge in [-0.2, -0.15) is 10.5 Å². The first kappa shape index (κ1) is 6.37. The zero-order valence-corrected chi connectivity index (χ0v) is 5.20. The molecule has 0 aromatic heterocycles. The van der Waals surface area contributed by atoms with E-state index in [0.717, 1.165) is 0 Å². The molecule has 1 aliphatic rings. The van der Waals surface area contributed by atoms with Crippen molar-refractivity contribution in [3.05, 3.63) is 0 Å². The number of nitriles is 2. The van der Waals surface area contributed by atoms with Gasteiger partial charge in [0.05, 0.1) is 13.1 Å². The van der Waals surface area contributed by atoms with Crippen molar-refractivity contribution >= 4 is 5.96 Å². The molecule has 0 aromatic rings. The molecule has 10 heavy (non-hydrogen) atoms. The third-order valence-electron chi connectivity index (χ3n) is 1.13. The molecule has 0 fully saturated rings. The van der Waals surface area contributed by atoms with E-state index in [1.165, 1.54) is 4.90 Å². The third kappa shape index (κ3) is 0.981. The Hall–Kier alpha value is -1.75. The lowest BCUT2D eigenvalue weighted by atomic mass is 10.6. The first-order chi connectivity index (χ1) is 4.88. The van der Waals surface area contributed by atoms with Crippen LogP contribution in [-0.2, 0) is 0 Å². The summed E-state index contributed by atoms with van der Waals surface area (Å²) in [5, 5.41) is 18.9. The quantitative estimate of drug-likeness (QED) is 0.349. The molecule has 1 aliphatic heterocycles. The summed E-state index contributed by atoms with van der Waals surface area (Å²) in [5.74, 6) is 0.352. The molecule has 0 saturated heterocycles. The summed E-state index contributed by atoms with van der Waals surface area (Å²) in [6, 6.07) is 0. The van der Waals surface area contributed by atoms with Gasteiger partial charge in [0.25, 0.3) is 0 Å². The molecule has 5 nitrogen and oxygen atoms in total. The molecule has 1 heterocycles. The molecular weight excluding hydrogens is 130 g/mol. The van der Waals surface area contributed by atoms with E-state index in [2.05, 4.69) is 10.3 Å². The molecule has 5 heteroatoms. The Morgan fingerprint density at radius 2 is 2.40 bits per heavy atom. The fraction of sp³-hybridized carbons (Fsp3) is 0.400. The number of rotatable bonds is 0. The monoisotopic (exact) mass is 135 g/mol. The van der Waals surface area contributed by atoms with Crippen LogP contribution in [0.3, 0.4) is 0 Å². The van der Waals surface area contributed by atoms with E-state index in [1.54, 1.807) is 6.19 Å². The van der Waals surface area contributed by atoms with Gasteiger partial charge in [0.15, 0.2) is 12.4 Å². The summed E-state index contributed by atoms with van der Waals surface area (Å²) < 4.78 is 0. The Kier molecular flexibility index (Phi) is 1.72. The summed E-state index contributed by atoms with van der Waals surface area (Å²) in [5.41, 5.74) is 0. The molecule has 1 N–H and O–H groups in total. The summed E-state index contributed by atoms with van der Waals surface area (Å²) in [7, 11) is 0. The van der Waals surface area contributed by atoms with E-state index in [9.17, 15) is 0 Å². The average molecular weight is 135 g/mol. The highest BCUT2D eigenvalue weighted by molar-refractivity contribution is 5.84. The van der Waals surface area contributed by atoms with Crippen LogP contribution < -0.4 is 5.32 Å². The van der Waals surface area contributed by atoms with Gasteiger partial charge in [-0.15, -0.1) is 0 Å². The van der Waals surface area contributed by atoms with E-state index >= 15 is 0 Å². The Morgan fingerprint density at radius 1 is 1.60 bits per heavy atom. The predicted molar refractivity (Wildman–Crippen MR) is 33.4 cm³/mol. The van der Waals surface area contributed by atoms with Crippen molar-refractivity contribution in [3.63, 3.8) is 0 Å². The summed E-state index contributed by atoms with van der Waals surface area (Å²) in [4.78, 5) is 5.20. The lowest BCUT2D eigenvalue weighted by Gasteiger charge is -2.05. The van der Waals surface area contributed by atoms with Crippen LogP contribution in [0.2, 0.25) is 0 Å². The molecule has 0 aliphatic carbocycles. The van der Waals surface area contributed by atoms with Crippen LogP contribution >= 0.6 is 0 Å². The van der Waals surface area contributed by atoms with E-state index in [1.807, 2.05) is 6.19 Å². The number of nitrogens with zero attached hydrogens (tertiary/aromatic N) is 4. The van der Waals surface area contributed by atoms with E-state index < -0.39 is 0 Å². The van der Waals surface area contributed by atoms with Crippen molar-refractivity contribution in [2.75, 3.05) is 13.1 Å². The molecule has 0 amide bonds. The lowest BCUT2D eigenvalue weighted by molar-refractivity contribution is 0.617. The molecule has 1 rings (SSSR count). The van der Waals surface area contributed by atoms with Gasteiger partial charge in [0, 0.05) is 0 Å². The summed E-state index contributed by atoms with van der Waals surface area (Å²) in [6.45, 7) is 1.15. The molecular formula is C5H5N5. The second kappa shape index (κ2) is 2.70. The van der Waals surface area contributed by atoms with E-state index in [0.29, 0.717) is 19.0 Å². The number of hydrogen-bond acceptors (Lipinski definition) is 5. The van der Waals surface area contributed by atoms with Gasteiger partial charge in [-0.25, -0.2) is 9.89 Å². The third-order valence-corrected chi connectivity index (χ3v) is 1.13. The maximum absolute atomic E-state index is 8.41. The smallest absolute Gasteiger partial charge is 0.220 e. The molecule has 0 aromatic carbocycles. The SMILES string of the molecule is N#CNC1=NCCN1C#N. The molecule has 0 radical (unpaired) electrons. The molecule has 0 saturated carbocycles. The molecule has 50 valence electrons. The lowest BCUT2D eigenvalue weighted by Crippen LogP contribution is -2.31. The van der Waals surface area contributed by atoms with Gasteiger partial charge in [-0.1, -0.05) is 0 Å². The van der Waals surface area contributed by atoms with Gasteiger partial charge in [0.2, 0.25) is 5.96 Å². The van der Waals surface area contributed by atoms with Crippen molar-refractivity contribution in [2.24, 2.45) is 4.99 Å². The first-order valence-corrected chi connectivity index (χ1v) is 2.75. The molecule has 0 spiro atoms. The van der Waals surface area contributed by atoms with Crippen molar-refractivity contribution in [1.29, 1.82) is 10.5 Å². The fourth-order valence-electron chi connectivity index (χ4n) is 0.702. The van der Waals surface area contributed by atoms with Crippen molar-refractivity contribution < 1.29 is 0 Å². The van der Waals surface area contributed by atoms with Gasteiger partial charge in [0.1, 0.15) is 0 Å². The van der Waals surface area contributed by atoms with Crippen LogP contribution in [0.25, 0.3) is 0 Å². The second-order valence-electron chi connectivity index (χ2n) is 1.69. The average Bonchev–Trinajstić information content (AvgIpc) is 2.36. The predicted octanol–water partition coefficient (Wildman–Crippen LogP) is -0.790. The largest absolute Gasteiger partial charge is 0.262 e. The second-order valence-corrected chi connectivity index (χ2v) is 1.69. The zero-order valence-electron chi connectivity index (χ0n) is 5.20. The molecule has 0 atom stereocenters. The van der Waals surface area contributed by atoms with Crippen molar-refractivity contribution in [3.8, 4) is 12.4 Å². The van der Waals surface area contributed by atoms with Crippen LogP contribution in [0.4, 0.5) is 0 Å². The minimum absolute atomic E-state index is 0.352. The first-order valence-electron chi connectivity index (χ1n) is 2.75. The topological polar surface area (TPSA) is 75.2 Å². The van der Waals surface area contributed by atoms with Crippen LogP contribution in [0.5, 0.6) is 0 Å². The maximum Gasteiger partial charge on any atom is 0.220 e. The van der Waals surface area contributed by atoms with Crippen molar-refractivity contribution in [1.82, 2.24) is 10.2 Å². The number of guanidine groups is 1. The standard InChI is InChI=1S/C5H5N5/c6-3-9-5-8-1-2-10(5)4-7/h1-2H2,(H,8,9). The number of hydrogen-bond donors (Lipinski definition) is 1. The summed E-state index contributed by atoms with van der Waals surface area (Å²) in [6.07, 6.45) is 3.59.